The molecule has 0 saturated heterocycles. The number of rotatable bonds is 8. The van der Waals surface area contributed by atoms with Gasteiger partial charge in [0.1, 0.15) is 0 Å². The monoisotopic (exact) mass is 279 g/mol. The Balaban J connectivity index is 2.30. The molecule has 1 aliphatic rings. The van der Waals surface area contributed by atoms with Crippen LogP contribution in [0.5, 0.6) is 0 Å². The molecule has 1 fully saturated rings. The molecular weight excluding hydrogens is 250 g/mol. The zero-order valence-electron chi connectivity index (χ0n) is 13.2. The van der Waals surface area contributed by atoms with Crippen molar-refractivity contribution in [1.82, 2.24) is 15.1 Å². The van der Waals surface area contributed by atoms with Crippen LogP contribution in [0.1, 0.15) is 64.6 Å². The summed E-state index contributed by atoms with van der Waals surface area (Å²) in [7, 11) is 0. The maximum absolute atomic E-state index is 6.27. The summed E-state index contributed by atoms with van der Waals surface area (Å²) in [6.45, 7) is 9.18. The third kappa shape index (κ3) is 3.07. The second kappa shape index (κ2) is 7.23. The number of aromatic nitrogens is 2. The van der Waals surface area contributed by atoms with Crippen molar-refractivity contribution in [3.8, 4) is 0 Å². The Kier molecular flexibility index (Phi) is 5.61. The van der Waals surface area contributed by atoms with Gasteiger partial charge in [-0.3, -0.25) is 4.68 Å². The third-order valence-electron chi connectivity index (χ3n) is 4.35. The molecule has 0 aliphatic heterocycles. The highest BCUT2D eigenvalue weighted by molar-refractivity contribution is 5.15. The summed E-state index contributed by atoms with van der Waals surface area (Å²) in [5, 5.41) is 8.18. The van der Waals surface area contributed by atoms with E-state index in [1.54, 1.807) is 0 Å². The Hall–Kier alpha value is -0.870. The van der Waals surface area contributed by atoms with Crippen molar-refractivity contribution in [3.05, 3.63) is 18.0 Å². The van der Waals surface area contributed by atoms with Crippen LogP contribution >= 0.6 is 0 Å². The Bertz CT molecular complexity index is 396. The predicted molar refractivity (Wildman–Crippen MR) is 81.8 cm³/mol. The Morgan fingerprint density at radius 3 is 2.70 bits per heavy atom. The molecule has 0 radical (unpaired) electrons. The fraction of sp³-hybridized carbons (Fsp3) is 0.812. The van der Waals surface area contributed by atoms with E-state index >= 15 is 0 Å². The molecule has 1 aromatic heterocycles. The summed E-state index contributed by atoms with van der Waals surface area (Å²) in [6, 6.07) is 2.41. The molecule has 0 bridgehead atoms. The van der Waals surface area contributed by atoms with Gasteiger partial charge < -0.3 is 10.1 Å². The zero-order chi connectivity index (χ0) is 14.4. The standard InChI is InChI=1S/C16H29N3O/c1-4-12-17-15(14-9-13-18-19(14)5-2)16(20-6-3)10-7-8-11-16/h9,13,15,17H,4-8,10-12H2,1-3H3. The number of ether oxygens (including phenoxy) is 1. The van der Waals surface area contributed by atoms with Gasteiger partial charge in [0.05, 0.1) is 17.3 Å². The van der Waals surface area contributed by atoms with Gasteiger partial charge in [0.15, 0.2) is 0 Å². The highest BCUT2D eigenvalue weighted by atomic mass is 16.5. The van der Waals surface area contributed by atoms with Crippen LogP contribution < -0.4 is 5.32 Å². The average Bonchev–Trinajstić information content (AvgIpc) is 3.09. The average molecular weight is 279 g/mol. The molecule has 0 amide bonds. The van der Waals surface area contributed by atoms with Crippen LogP contribution in [-0.2, 0) is 11.3 Å². The molecular formula is C16H29N3O. The van der Waals surface area contributed by atoms with E-state index in [0.717, 1.165) is 39.0 Å². The van der Waals surface area contributed by atoms with E-state index in [9.17, 15) is 0 Å². The maximum atomic E-state index is 6.27. The Morgan fingerprint density at radius 1 is 1.35 bits per heavy atom. The summed E-state index contributed by atoms with van der Waals surface area (Å²) in [5.74, 6) is 0. The molecule has 4 heteroatoms. The molecule has 1 heterocycles. The van der Waals surface area contributed by atoms with E-state index in [4.69, 9.17) is 4.74 Å². The number of hydrogen-bond acceptors (Lipinski definition) is 3. The second-order valence-corrected chi connectivity index (χ2v) is 5.66. The van der Waals surface area contributed by atoms with Gasteiger partial charge in [-0.25, -0.2) is 0 Å². The first-order chi connectivity index (χ1) is 9.77. The van der Waals surface area contributed by atoms with Crippen LogP contribution in [0.2, 0.25) is 0 Å². The van der Waals surface area contributed by atoms with Crippen LogP contribution in [0, 0.1) is 0 Å². The second-order valence-electron chi connectivity index (χ2n) is 5.66. The molecule has 20 heavy (non-hydrogen) atoms. The minimum atomic E-state index is -0.0448. The van der Waals surface area contributed by atoms with E-state index in [1.807, 2.05) is 6.20 Å². The summed E-state index contributed by atoms with van der Waals surface area (Å²) >= 11 is 0. The molecule has 1 aliphatic carbocycles. The lowest BCUT2D eigenvalue weighted by molar-refractivity contribution is -0.0644. The van der Waals surface area contributed by atoms with E-state index in [2.05, 4.69) is 41.9 Å². The lowest BCUT2D eigenvalue weighted by Crippen LogP contribution is -2.45. The SMILES string of the molecule is CCCNC(c1ccnn1CC)C1(OCC)CCCC1. The first-order valence-corrected chi connectivity index (χ1v) is 8.16. The van der Waals surface area contributed by atoms with Crippen molar-refractivity contribution < 1.29 is 4.74 Å². The van der Waals surface area contributed by atoms with Gasteiger partial charge in [0.25, 0.3) is 0 Å². The van der Waals surface area contributed by atoms with Gasteiger partial charge in [-0.05, 0) is 45.7 Å². The molecule has 1 unspecified atom stereocenters. The first kappa shape index (κ1) is 15.5. The minimum absolute atomic E-state index is 0.0448. The smallest absolute Gasteiger partial charge is 0.0891 e. The van der Waals surface area contributed by atoms with Crippen molar-refractivity contribution >= 4 is 0 Å². The van der Waals surface area contributed by atoms with Crippen LogP contribution in [0.15, 0.2) is 12.3 Å². The van der Waals surface area contributed by atoms with Gasteiger partial charge in [0.2, 0.25) is 0 Å². The molecule has 0 aromatic carbocycles. The molecule has 1 atom stereocenters. The molecule has 2 rings (SSSR count). The lowest BCUT2D eigenvalue weighted by atomic mass is 9.89. The summed E-state index contributed by atoms with van der Waals surface area (Å²) in [4.78, 5) is 0. The summed E-state index contributed by atoms with van der Waals surface area (Å²) in [5.41, 5.74) is 1.23. The number of hydrogen-bond donors (Lipinski definition) is 1. The molecule has 1 aromatic rings. The van der Waals surface area contributed by atoms with E-state index in [1.165, 1.54) is 18.5 Å². The maximum Gasteiger partial charge on any atom is 0.0891 e. The molecule has 1 saturated carbocycles. The largest absolute Gasteiger partial charge is 0.373 e. The van der Waals surface area contributed by atoms with Crippen molar-refractivity contribution in [3.63, 3.8) is 0 Å². The molecule has 4 nitrogen and oxygen atoms in total. The van der Waals surface area contributed by atoms with E-state index in [-0.39, 0.29) is 11.6 Å². The van der Waals surface area contributed by atoms with Crippen molar-refractivity contribution in [2.24, 2.45) is 0 Å². The molecule has 1 N–H and O–H groups in total. The normalized spacial score (nSPS) is 19.4. The summed E-state index contributed by atoms with van der Waals surface area (Å²) in [6.07, 6.45) is 7.89. The summed E-state index contributed by atoms with van der Waals surface area (Å²) < 4.78 is 8.37. The van der Waals surface area contributed by atoms with E-state index < -0.39 is 0 Å². The van der Waals surface area contributed by atoms with Gasteiger partial charge in [0, 0.05) is 19.3 Å². The Labute approximate surface area is 122 Å². The van der Waals surface area contributed by atoms with Gasteiger partial charge in [-0.1, -0.05) is 19.8 Å². The van der Waals surface area contributed by atoms with Crippen LogP contribution in [0.3, 0.4) is 0 Å². The quantitative estimate of drug-likeness (QED) is 0.793. The molecule has 0 spiro atoms. The van der Waals surface area contributed by atoms with Crippen molar-refractivity contribution in [2.45, 2.75) is 71.1 Å². The Morgan fingerprint density at radius 2 is 2.10 bits per heavy atom. The van der Waals surface area contributed by atoms with Gasteiger partial charge >= 0.3 is 0 Å². The fourth-order valence-corrected chi connectivity index (χ4v) is 3.48. The predicted octanol–water partition coefficient (Wildman–Crippen LogP) is 3.29. The number of nitrogens with zero attached hydrogens (tertiary/aromatic N) is 2. The highest BCUT2D eigenvalue weighted by Crippen LogP contribution is 2.43. The third-order valence-corrected chi connectivity index (χ3v) is 4.35. The van der Waals surface area contributed by atoms with Gasteiger partial charge in [-0.2, -0.15) is 5.10 Å². The van der Waals surface area contributed by atoms with E-state index in [0.29, 0.717) is 0 Å². The highest BCUT2D eigenvalue weighted by Gasteiger charge is 2.43. The first-order valence-electron chi connectivity index (χ1n) is 8.16. The van der Waals surface area contributed by atoms with Crippen LogP contribution in [0.4, 0.5) is 0 Å². The number of aryl methyl sites for hydroxylation is 1. The van der Waals surface area contributed by atoms with Crippen molar-refractivity contribution in [2.75, 3.05) is 13.2 Å². The van der Waals surface area contributed by atoms with Crippen LogP contribution in [-0.4, -0.2) is 28.5 Å². The topological polar surface area (TPSA) is 39.1 Å². The molecule has 114 valence electrons. The minimum Gasteiger partial charge on any atom is -0.373 e. The van der Waals surface area contributed by atoms with Crippen molar-refractivity contribution in [1.29, 1.82) is 0 Å². The lowest BCUT2D eigenvalue weighted by Gasteiger charge is -2.38. The fourth-order valence-electron chi connectivity index (χ4n) is 3.48. The van der Waals surface area contributed by atoms with Crippen LogP contribution in [0.25, 0.3) is 0 Å². The zero-order valence-corrected chi connectivity index (χ0v) is 13.2. The van der Waals surface area contributed by atoms with Gasteiger partial charge in [-0.15, -0.1) is 0 Å². The number of nitrogens with one attached hydrogen (secondary N) is 1.